The van der Waals surface area contributed by atoms with E-state index in [9.17, 15) is 14.4 Å². The number of pyridine rings is 1. The SMILES string of the molecule is CCOC(=O)c1c[nH]c2c(F)c(N(C)C(=O)OC(C)(C)C)c(I)cc2c1=O. The van der Waals surface area contributed by atoms with Gasteiger partial charge in [-0.05, 0) is 56.4 Å². The molecule has 1 N–H and O–H groups in total. The second-order valence-electron chi connectivity index (χ2n) is 6.73. The molecule has 0 bridgehead atoms. The summed E-state index contributed by atoms with van der Waals surface area (Å²) >= 11 is 1.82. The van der Waals surface area contributed by atoms with Crippen LogP contribution in [-0.2, 0) is 9.47 Å². The predicted molar refractivity (Wildman–Crippen MR) is 108 cm³/mol. The van der Waals surface area contributed by atoms with Gasteiger partial charge in [-0.2, -0.15) is 0 Å². The lowest BCUT2D eigenvalue weighted by atomic mass is 10.1. The number of amides is 1. The summed E-state index contributed by atoms with van der Waals surface area (Å²) in [6.45, 7) is 6.84. The van der Waals surface area contributed by atoms with Gasteiger partial charge in [0.25, 0.3) is 0 Å². The fourth-order valence-electron chi connectivity index (χ4n) is 2.37. The number of ether oxygens (including phenoxy) is 2. The number of H-pyrrole nitrogens is 1. The molecule has 27 heavy (non-hydrogen) atoms. The van der Waals surface area contributed by atoms with Gasteiger partial charge in [0.15, 0.2) is 5.82 Å². The number of rotatable bonds is 3. The van der Waals surface area contributed by atoms with E-state index < -0.39 is 28.9 Å². The lowest BCUT2D eigenvalue weighted by molar-refractivity contribution is 0.0523. The summed E-state index contributed by atoms with van der Waals surface area (Å²) in [6, 6.07) is 1.41. The number of aromatic amines is 1. The Balaban J connectivity index is 2.59. The first-order valence-electron chi connectivity index (χ1n) is 8.15. The molecule has 0 radical (unpaired) electrons. The van der Waals surface area contributed by atoms with Gasteiger partial charge < -0.3 is 14.5 Å². The highest BCUT2D eigenvalue weighted by Gasteiger charge is 2.26. The number of hydrogen-bond donors (Lipinski definition) is 1. The molecule has 0 spiro atoms. The molecule has 1 aromatic carbocycles. The Morgan fingerprint density at radius 1 is 1.33 bits per heavy atom. The number of benzene rings is 1. The molecule has 0 saturated carbocycles. The monoisotopic (exact) mass is 490 g/mol. The highest BCUT2D eigenvalue weighted by atomic mass is 127. The zero-order valence-electron chi connectivity index (χ0n) is 15.6. The molecule has 1 heterocycles. The van der Waals surface area contributed by atoms with Crippen LogP contribution in [0.1, 0.15) is 38.1 Å². The molecule has 0 aliphatic heterocycles. The van der Waals surface area contributed by atoms with Crippen molar-refractivity contribution in [2.45, 2.75) is 33.3 Å². The van der Waals surface area contributed by atoms with Gasteiger partial charge in [0.05, 0.1) is 23.2 Å². The van der Waals surface area contributed by atoms with Crippen molar-refractivity contribution in [3.8, 4) is 0 Å². The summed E-state index contributed by atoms with van der Waals surface area (Å²) in [6.07, 6.45) is 0.375. The van der Waals surface area contributed by atoms with Crippen LogP contribution in [0.3, 0.4) is 0 Å². The maximum atomic E-state index is 15.1. The fourth-order valence-corrected chi connectivity index (χ4v) is 3.28. The molecule has 1 aromatic heterocycles. The quantitative estimate of drug-likeness (QED) is 0.522. The summed E-state index contributed by atoms with van der Waals surface area (Å²) in [5.74, 6) is -1.58. The van der Waals surface area contributed by atoms with Crippen molar-refractivity contribution in [2.75, 3.05) is 18.6 Å². The van der Waals surface area contributed by atoms with Gasteiger partial charge in [-0.15, -0.1) is 0 Å². The van der Waals surface area contributed by atoms with E-state index in [2.05, 4.69) is 4.98 Å². The maximum Gasteiger partial charge on any atom is 0.414 e. The van der Waals surface area contributed by atoms with Crippen molar-refractivity contribution in [1.29, 1.82) is 0 Å². The minimum absolute atomic E-state index is 0.0104. The number of fused-ring (bicyclic) bond motifs is 1. The highest BCUT2D eigenvalue weighted by molar-refractivity contribution is 14.1. The zero-order valence-corrected chi connectivity index (χ0v) is 17.8. The number of nitrogens with zero attached hydrogens (tertiary/aromatic N) is 1. The molecule has 0 atom stereocenters. The number of halogens is 2. The number of carbonyl (C=O) groups excluding carboxylic acids is 2. The predicted octanol–water partition coefficient (Wildman–Crippen LogP) is 3.82. The maximum absolute atomic E-state index is 15.1. The Morgan fingerprint density at radius 2 is 1.96 bits per heavy atom. The van der Waals surface area contributed by atoms with Crippen molar-refractivity contribution in [3.05, 3.63) is 37.4 Å². The molecule has 2 aromatic rings. The summed E-state index contributed by atoms with van der Waals surface area (Å²) in [5.41, 5.74) is -1.75. The Kier molecular flexibility index (Phi) is 6.13. The molecule has 0 saturated heterocycles. The Labute approximate surface area is 169 Å². The second kappa shape index (κ2) is 7.83. The smallest absolute Gasteiger partial charge is 0.414 e. The summed E-state index contributed by atoms with van der Waals surface area (Å²) < 4.78 is 25.5. The normalized spacial score (nSPS) is 11.4. The third-order valence-corrected chi connectivity index (χ3v) is 4.36. The summed E-state index contributed by atoms with van der Waals surface area (Å²) in [4.78, 5) is 40.4. The molecule has 2 rings (SSSR count). The van der Waals surface area contributed by atoms with Gasteiger partial charge in [0.1, 0.15) is 11.2 Å². The van der Waals surface area contributed by atoms with E-state index in [1.165, 1.54) is 13.1 Å². The van der Waals surface area contributed by atoms with Gasteiger partial charge in [-0.1, -0.05) is 0 Å². The van der Waals surface area contributed by atoms with E-state index in [0.717, 1.165) is 11.1 Å². The van der Waals surface area contributed by atoms with Crippen LogP contribution in [0, 0.1) is 9.39 Å². The van der Waals surface area contributed by atoms with Crippen molar-refractivity contribution in [2.24, 2.45) is 0 Å². The highest BCUT2D eigenvalue weighted by Crippen LogP contribution is 2.31. The van der Waals surface area contributed by atoms with E-state index in [4.69, 9.17) is 9.47 Å². The van der Waals surface area contributed by atoms with Crippen LogP contribution in [0.4, 0.5) is 14.9 Å². The van der Waals surface area contributed by atoms with Crippen molar-refractivity contribution < 1.29 is 23.5 Å². The van der Waals surface area contributed by atoms with Gasteiger partial charge >= 0.3 is 12.1 Å². The van der Waals surface area contributed by atoms with Crippen LogP contribution in [0.15, 0.2) is 17.1 Å². The topological polar surface area (TPSA) is 88.7 Å². The Hall–Kier alpha value is -2.17. The van der Waals surface area contributed by atoms with Crippen LogP contribution < -0.4 is 10.3 Å². The summed E-state index contributed by atoms with van der Waals surface area (Å²) in [5, 5.41) is -0.0104. The second-order valence-corrected chi connectivity index (χ2v) is 7.90. The van der Waals surface area contributed by atoms with Gasteiger partial charge in [0.2, 0.25) is 5.43 Å². The number of nitrogens with one attached hydrogen (secondary N) is 1. The molecule has 7 nitrogen and oxygen atoms in total. The zero-order chi connectivity index (χ0) is 20.5. The average Bonchev–Trinajstić information content (AvgIpc) is 2.54. The van der Waals surface area contributed by atoms with E-state index in [0.29, 0.717) is 3.57 Å². The molecule has 9 heteroatoms. The lowest BCUT2D eigenvalue weighted by Gasteiger charge is -2.25. The van der Waals surface area contributed by atoms with E-state index in [-0.39, 0.29) is 28.8 Å². The lowest BCUT2D eigenvalue weighted by Crippen LogP contribution is -2.35. The average molecular weight is 490 g/mol. The van der Waals surface area contributed by atoms with Crippen LogP contribution in [0.25, 0.3) is 10.9 Å². The molecule has 0 fully saturated rings. The van der Waals surface area contributed by atoms with Crippen LogP contribution in [0.2, 0.25) is 0 Å². The van der Waals surface area contributed by atoms with E-state index in [1.54, 1.807) is 27.7 Å². The van der Waals surface area contributed by atoms with E-state index >= 15 is 4.39 Å². The Morgan fingerprint density at radius 3 is 2.52 bits per heavy atom. The number of esters is 1. The molecule has 0 unspecified atom stereocenters. The minimum atomic E-state index is -0.794. The van der Waals surface area contributed by atoms with Crippen LogP contribution >= 0.6 is 22.6 Å². The first-order valence-corrected chi connectivity index (χ1v) is 9.23. The van der Waals surface area contributed by atoms with E-state index in [1.807, 2.05) is 22.6 Å². The minimum Gasteiger partial charge on any atom is -0.462 e. The molecule has 0 aliphatic rings. The number of hydrogen-bond acceptors (Lipinski definition) is 5. The molecular weight excluding hydrogens is 470 g/mol. The van der Waals surface area contributed by atoms with Crippen LogP contribution in [-0.4, -0.2) is 36.3 Å². The third-order valence-electron chi connectivity index (χ3n) is 3.54. The first-order chi connectivity index (χ1) is 12.5. The Bertz CT molecular complexity index is 965. The first kappa shape index (κ1) is 21.1. The molecular formula is C18H20FIN2O5. The number of carbonyl (C=O) groups is 2. The van der Waals surface area contributed by atoms with Crippen molar-refractivity contribution >= 4 is 51.2 Å². The number of aromatic nitrogens is 1. The summed E-state index contributed by atoms with van der Waals surface area (Å²) in [7, 11) is 1.38. The van der Waals surface area contributed by atoms with Gasteiger partial charge in [-0.25, -0.2) is 14.0 Å². The number of anilines is 1. The largest absolute Gasteiger partial charge is 0.462 e. The van der Waals surface area contributed by atoms with Crippen molar-refractivity contribution in [1.82, 2.24) is 4.98 Å². The third kappa shape index (κ3) is 4.40. The molecule has 0 aliphatic carbocycles. The van der Waals surface area contributed by atoms with Crippen LogP contribution in [0.5, 0.6) is 0 Å². The van der Waals surface area contributed by atoms with Crippen molar-refractivity contribution in [3.63, 3.8) is 0 Å². The fraction of sp³-hybridized carbons (Fsp3) is 0.389. The van der Waals surface area contributed by atoms with Gasteiger partial charge in [-0.3, -0.25) is 9.69 Å². The molecule has 146 valence electrons. The molecule has 1 amide bonds. The standard InChI is InChI=1S/C18H20FIN2O5/c1-6-26-16(24)10-8-21-13-9(15(10)23)7-11(20)14(12(13)19)22(5)17(25)27-18(2,3)4/h7-8H,6H2,1-5H3,(H,21,23). The van der Waals surface area contributed by atoms with Gasteiger partial charge in [0, 0.05) is 16.8 Å².